The quantitative estimate of drug-likeness (QED) is 0.782. The summed E-state index contributed by atoms with van der Waals surface area (Å²) in [4.78, 5) is 11.0. The largest absolute Gasteiger partial charge is 0.478 e. The number of carboxylic acids is 1. The van der Waals surface area contributed by atoms with E-state index in [0.29, 0.717) is 11.4 Å². The highest BCUT2D eigenvalue weighted by Crippen LogP contribution is 2.25. The minimum Gasteiger partial charge on any atom is -0.478 e. The monoisotopic (exact) mass is 291 g/mol. The van der Waals surface area contributed by atoms with Gasteiger partial charge in [-0.05, 0) is 34.7 Å². The fourth-order valence-electron chi connectivity index (χ4n) is 1.54. The van der Waals surface area contributed by atoms with Crippen LogP contribution in [0.5, 0.6) is 11.6 Å². The highest BCUT2D eigenvalue weighted by atomic mass is 35.5. The maximum atomic E-state index is 11.0. The van der Waals surface area contributed by atoms with Gasteiger partial charge in [0.05, 0.1) is 10.6 Å². The lowest BCUT2D eigenvalue weighted by Gasteiger charge is -2.06. The van der Waals surface area contributed by atoms with E-state index >= 15 is 0 Å². The van der Waals surface area contributed by atoms with Gasteiger partial charge in [-0.2, -0.15) is 0 Å². The predicted molar refractivity (Wildman–Crippen MR) is 67.1 cm³/mol. The van der Waals surface area contributed by atoms with Crippen LogP contribution in [0.2, 0.25) is 5.02 Å². The molecule has 0 unspecified atom stereocenters. The van der Waals surface area contributed by atoms with Crippen molar-refractivity contribution >= 4 is 23.2 Å². The molecule has 0 spiro atoms. The lowest BCUT2D eigenvalue weighted by Crippen LogP contribution is -2.00. The van der Waals surface area contributed by atoms with E-state index < -0.39 is 5.97 Å². The minimum absolute atomic E-state index is 0.0485. The van der Waals surface area contributed by atoms with Crippen molar-refractivity contribution in [3.05, 3.63) is 40.9 Å². The van der Waals surface area contributed by atoms with E-state index in [1.807, 2.05) is 0 Å². The minimum atomic E-state index is -1.13. The Bertz CT molecular complexity index is 804. The number of hydrogen-bond donors (Lipinski definition) is 1. The SMILES string of the molecule is O=C(O)c1cc(Oc2ccc3nnnn3n2)ccc1Cl. The van der Waals surface area contributed by atoms with Gasteiger partial charge in [0.15, 0.2) is 5.65 Å². The summed E-state index contributed by atoms with van der Waals surface area (Å²) in [6, 6.07) is 7.49. The Hall–Kier alpha value is -2.74. The molecule has 0 aliphatic rings. The van der Waals surface area contributed by atoms with Crippen LogP contribution in [0.1, 0.15) is 10.4 Å². The van der Waals surface area contributed by atoms with Crippen molar-refractivity contribution < 1.29 is 14.6 Å². The Balaban J connectivity index is 1.94. The fraction of sp³-hybridized carbons (Fsp3) is 0. The van der Waals surface area contributed by atoms with Crippen LogP contribution >= 0.6 is 11.6 Å². The van der Waals surface area contributed by atoms with Crippen molar-refractivity contribution in [1.29, 1.82) is 0 Å². The van der Waals surface area contributed by atoms with E-state index in [-0.39, 0.29) is 16.5 Å². The van der Waals surface area contributed by atoms with Crippen molar-refractivity contribution in [3.63, 3.8) is 0 Å². The number of aromatic nitrogens is 5. The third-order valence-electron chi connectivity index (χ3n) is 2.44. The number of carboxylic acid groups (broad SMARTS) is 1. The average molecular weight is 292 g/mol. The second-order valence-electron chi connectivity index (χ2n) is 3.75. The summed E-state index contributed by atoms with van der Waals surface area (Å²) in [5, 5.41) is 23.9. The molecule has 100 valence electrons. The molecule has 1 N–H and O–H groups in total. The van der Waals surface area contributed by atoms with Gasteiger partial charge in [-0.25, -0.2) is 4.79 Å². The molecular formula is C11H6ClN5O3. The van der Waals surface area contributed by atoms with Gasteiger partial charge in [0.1, 0.15) is 5.75 Å². The molecular weight excluding hydrogens is 286 g/mol. The number of ether oxygens (including phenoxy) is 1. The molecule has 0 bridgehead atoms. The Labute approximate surface area is 116 Å². The molecule has 2 heterocycles. The number of hydrogen-bond acceptors (Lipinski definition) is 6. The summed E-state index contributed by atoms with van der Waals surface area (Å²) in [7, 11) is 0. The first-order valence-electron chi connectivity index (χ1n) is 5.39. The van der Waals surface area contributed by atoms with E-state index in [4.69, 9.17) is 21.4 Å². The zero-order valence-electron chi connectivity index (χ0n) is 9.76. The number of benzene rings is 1. The Morgan fingerprint density at radius 1 is 1.30 bits per heavy atom. The van der Waals surface area contributed by atoms with E-state index in [0.717, 1.165) is 0 Å². The van der Waals surface area contributed by atoms with E-state index in [9.17, 15) is 4.79 Å². The fourth-order valence-corrected chi connectivity index (χ4v) is 1.74. The molecule has 0 aliphatic carbocycles. The van der Waals surface area contributed by atoms with Crippen molar-refractivity contribution in [2.45, 2.75) is 0 Å². The van der Waals surface area contributed by atoms with Crippen LogP contribution in [0.15, 0.2) is 30.3 Å². The average Bonchev–Trinajstić information content (AvgIpc) is 2.88. The van der Waals surface area contributed by atoms with Crippen molar-refractivity contribution in [3.8, 4) is 11.6 Å². The third kappa shape index (κ3) is 2.24. The summed E-state index contributed by atoms with van der Waals surface area (Å²) in [6.45, 7) is 0. The van der Waals surface area contributed by atoms with Gasteiger partial charge in [-0.1, -0.05) is 11.6 Å². The Morgan fingerprint density at radius 3 is 2.95 bits per heavy atom. The number of aromatic carboxylic acids is 1. The van der Waals surface area contributed by atoms with Crippen molar-refractivity contribution in [1.82, 2.24) is 25.3 Å². The first-order chi connectivity index (χ1) is 9.63. The second kappa shape index (κ2) is 4.74. The molecule has 0 fully saturated rings. The number of fused-ring (bicyclic) bond motifs is 1. The molecule has 2 aromatic heterocycles. The van der Waals surface area contributed by atoms with Crippen LogP contribution in [0.25, 0.3) is 5.65 Å². The van der Waals surface area contributed by atoms with Gasteiger partial charge in [0, 0.05) is 6.07 Å². The summed E-state index contributed by atoms with van der Waals surface area (Å²) < 4.78 is 6.65. The lowest BCUT2D eigenvalue weighted by atomic mass is 10.2. The topological polar surface area (TPSA) is 102 Å². The van der Waals surface area contributed by atoms with Gasteiger partial charge in [0.2, 0.25) is 5.88 Å². The van der Waals surface area contributed by atoms with Gasteiger partial charge in [-0.3, -0.25) is 0 Å². The highest BCUT2D eigenvalue weighted by Gasteiger charge is 2.11. The summed E-state index contributed by atoms with van der Waals surface area (Å²) in [5.74, 6) is -0.612. The van der Waals surface area contributed by atoms with Crippen LogP contribution in [0.3, 0.4) is 0 Å². The highest BCUT2D eigenvalue weighted by molar-refractivity contribution is 6.33. The predicted octanol–water partition coefficient (Wildman–Crippen LogP) is 1.66. The summed E-state index contributed by atoms with van der Waals surface area (Å²) >= 11 is 5.77. The van der Waals surface area contributed by atoms with Crippen LogP contribution in [-0.2, 0) is 0 Å². The molecule has 20 heavy (non-hydrogen) atoms. The van der Waals surface area contributed by atoms with Crippen LogP contribution < -0.4 is 4.74 Å². The number of rotatable bonds is 3. The van der Waals surface area contributed by atoms with Gasteiger partial charge in [0.25, 0.3) is 0 Å². The Kier molecular flexibility index (Phi) is 2.92. The molecule has 0 amide bonds. The van der Waals surface area contributed by atoms with E-state index in [1.54, 1.807) is 18.2 Å². The van der Waals surface area contributed by atoms with Gasteiger partial charge >= 0.3 is 5.97 Å². The molecule has 8 nitrogen and oxygen atoms in total. The number of nitrogens with zero attached hydrogens (tertiary/aromatic N) is 5. The molecule has 0 saturated carbocycles. The van der Waals surface area contributed by atoms with Gasteiger partial charge in [-0.15, -0.1) is 14.8 Å². The Morgan fingerprint density at radius 2 is 2.15 bits per heavy atom. The summed E-state index contributed by atoms with van der Waals surface area (Å²) in [6.07, 6.45) is 0. The third-order valence-corrected chi connectivity index (χ3v) is 2.77. The maximum Gasteiger partial charge on any atom is 0.337 e. The normalized spacial score (nSPS) is 10.7. The maximum absolute atomic E-state index is 11.0. The molecule has 3 aromatic rings. The number of carbonyl (C=O) groups is 1. The number of halogens is 1. The second-order valence-corrected chi connectivity index (χ2v) is 4.15. The van der Waals surface area contributed by atoms with Crippen LogP contribution in [0, 0.1) is 0 Å². The molecule has 0 atom stereocenters. The standard InChI is InChI=1S/C11H6ClN5O3/c12-8-2-1-6(5-7(8)11(18)19)20-10-4-3-9-13-15-16-17(9)14-10/h1-5H,(H,18,19). The van der Waals surface area contributed by atoms with E-state index in [1.165, 1.54) is 16.8 Å². The van der Waals surface area contributed by atoms with Gasteiger partial charge < -0.3 is 9.84 Å². The summed E-state index contributed by atoms with van der Waals surface area (Å²) in [5.41, 5.74) is 0.423. The molecule has 0 aliphatic heterocycles. The smallest absolute Gasteiger partial charge is 0.337 e. The zero-order valence-corrected chi connectivity index (χ0v) is 10.5. The molecule has 9 heteroatoms. The first kappa shape index (κ1) is 12.3. The lowest BCUT2D eigenvalue weighted by molar-refractivity contribution is 0.0696. The van der Waals surface area contributed by atoms with Crippen molar-refractivity contribution in [2.75, 3.05) is 0 Å². The zero-order chi connectivity index (χ0) is 14.1. The molecule has 3 rings (SSSR count). The van der Waals surface area contributed by atoms with Crippen LogP contribution in [0.4, 0.5) is 0 Å². The molecule has 0 radical (unpaired) electrons. The molecule has 0 saturated heterocycles. The number of tetrazole rings is 1. The first-order valence-corrected chi connectivity index (χ1v) is 5.77. The van der Waals surface area contributed by atoms with Crippen LogP contribution in [-0.4, -0.2) is 36.3 Å². The van der Waals surface area contributed by atoms with E-state index in [2.05, 4.69) is 20.6 Å². The van der Waals surface area contributed by atoms with Crippen molar-refractivity contribution in [2.24, 2.45) is 0 Å². The molecule has 1 aromatic carbocycles.